The minimum absolute atomic E-state index is 0.0740. The van der Waals surface area contributed by atoms with Crippen LogP contribution in [0, 0.1) is 23.0 Å². The van der Waals surface area contributed by atoms with E-state index < -0.39 is 0 Å². The van der Waals surface area contributed by atoms with E-state index in [1.807, 2.05) is 0 Å². The topological polar surface area (TPSA) is 90.2 Å². The first-order valence-corrected chi connectivity index (χ1v) is 6.70. The molecule has 0 spiro atoms. The summed E-state index contributed by atoms with van der Waals surface area (Å²) in [6, 6.07) is 0. The van der Waals surface area contributed by atoms with E-state index in [0.717, 1.165) is 32.6 Å². The second-order valence-corrected chi connectivity index (χ2v) is 5.12. The van der Waals surface area contributed by atoms with Gasteiger partial charge in [-0.25, -0.2) is 9.55 Å². The molecule has 19 heavy (non-hydrogen) atoms. The molecule has 1 saturated heterocycles. The van der Waals surface area contributed by atoms with Crippen LogP contribution in [0.2, 0.25) is 0 Å². The highest BCUT2D eigenvalue weighted by molar-refractivity contribution is 5.18. The van der Waals surface area contributed by atoms with Crippen molar-refractivity contribution >= 4 is 5.82 Å². The first-order chi connectivity index (χ1) is 9.11. The van der Waals surface area contributed by atoms with Crippen LogP contribution in [0.25, 0.3) is 0 Å². The lowest BCUT2D eigenvalue weighted by atomic mass is 9.98. The zero-order valence-electron chi connectivity index (χ0n) is 11.3. The van der Waals surface area contributed by atoms with E-state index >= 15 is 0 Å². The van der Waals surface area contributed by atoms with Crippen molar-refractivity contribution in [2.45, 2.75) is 26.3 Å². The van der Waals surface area contributed by atoms with E-state index in [-0.39, 0.29) is 10.7 Å². The number of aromatic nitrogens is 2. The predicted molar refractivity (Wildman–Crippen MR) is 71.8 cm³/mol. The molecule has 0 aromatic carbocycles. The number of imidazole rings is 1. The van der Waals surface area contributed by atoms with Crippen LogP contribution in [-0.4, -0.2) is 45.6 Å². The SMILES string of the molecule is Cc1ncc([N+](=O)[O-])n1CCN1CCCC(CN)C1. The second kappa shape index (κ2) is 6.12. The third-order valence-electron chi connectivity index (χ3n) is 3.80. The van der Waals surface area contributed by atoms with Crippen molar-refractivity contribution in [2.24, 2.45) is 11.7 Å². The minimum atomic E-state index is -0.376. The summed E-state index contributed by atoms with van der Waals surface area (Å²) in [5, 5.41) is 10.9. The van der Waals surface area contributed by atoms with Crippen molar-refractivity contribution in [1.29, 1.82) is 0 Å². The van der Waals surface area contributed by atoms with Gasteiger partial charge in [0.15, 0.2) is 5.82 Å². The van der Waals surface area contributed by atoms with Crippen LogP contribution in [0.1, 0.15) is 18.7 Å². The van der Waals surface area contributed by atoms with Crippen LogP contribution in [0.15, 0.2) is 6.20 Å². The second-order valence-electron chi connectivity index (χ2n) is 5.12. The third kappa shape index (κ3) is 3.30. The molecular weight excluding hydrogens is 246 g/mol. The van der Waals surface area contributed by atoms with Gasteiger partial charge < -0.3 is 15.8 Å². The first-order valence-electron chi connectivity index (χ1n) is 6.70. The average Bonchev–Trinajstić information content (AvgIpc) is 2.78. The van der Waals surface area contributed by atoms with E-state index in [9.17, 15) is 10.1 Å². The fourth-order valence-electron chi connectivity index (χ4n) is 2.67. The van der Waals surface area contributed by atoms with Gasteiger partial charge in [0, 0.05) is 20.0 Å². The van der Waals surface area contributed by atoms with Gasteiger partial charge in [0.25, 0.3) is 0 Å². The molecular formula is C12H21N5O2. The summed E-state index contributed by atoms with van der Waals surface area (Å²) >= 11 is 0. The molecule has 0 amide bonds. The molecule has 1 aromatic heterocycles. The van der Waals surface area contributed by atoms with Gasteiger partial charge in [-0.2, -0.15) is 0 Å². The molecule has 1 fully saturated rings. The maximum Gasteiger partial charge on any atom is 0.342 e. The molecule has 0 aliphatic carbocycles. The Morgan fingerprint density at radius 2 is 2.37 bits per heavy atom. The Labute approximate surface area is 112 Å². The minimum Gasteiger partial charge on any atom is -0.358 e. The summed E-state index contributed by atoms with van der Waals surface area (Å²) in [7, 11) is 0. The van der Waals surface area contributed by atoms with Crippen molar-refractivity contribution in [3.8, 4) is 0 Å². The number of hydrogen-bond donors (Lipinski definition) is 1. The lowest BCUT2D eigenvalue weighted by Gasteiger charge is -2.31. The number of nitrogens with two attached hydrogens (primary N) is 1. The Hall–Kier alpha value is -1.47. The van der Waals surface area contributed by atoms with E-state index in [4.69, 9.17) is 5.73 Å². The molecule has 1 aliphatic heterocycles. The molecule has 1 unspecified atom stereocenters. The van der Waals surface area contributed by atoms with Gasteiger partial charge in [-0.3, -0.25) is 4.90 Å². The van der Waals surface area contributed by atoms with Crippen molar-refractivity contribution in [1.82, 2.24) is 14.5 Å². The van der Waals surface area contributed by atoms with Crippen molar-refractivity contribution in [2.75, 3.05) is 26.2 Å². The quantitative estimate of drug-likeness (QED) is 0.628. The van der Waals surface area contributed by atoms with Crippen LogP contribution < -0.4 is 5.73 Å². The van der Waals surface area contributed by atoms with Gasteiger partial charge in [0.1, 0.15) is 12.7 Å². The average molecular weight is 267 g/mol. The van der Waals surface area contributed by atoms with E-state index in [2.05, 4.69) is 9.88 Å². The molecule has 0 radical (unpaired) electrons. The van der Waals surface area contributed by atoms with Gasteiger partial charge >= 0.3 is 5.82 Å². The molecule has 2 heterocycles. The van der Waals surface area contributed by atoms with Crippen molar-refractivity contribution in [3.63, 3.8) is 0 Å². The van der Waals surface area contributed by atoms with Crippen LogP contribution in [0.3, 0.4) is 0 Å². The normalized spacial score (nSPS) is 20.6. The lowest BCUT2D eigenvalue weighted by Crippen LogP contribution is -2.40. The molecule has 0 saturated carbocycles. The zero-order valence-corrected chi connectivity index (χ0v) is 11.3. The summed E-state index contributed by atoms with van der Waals surface area (Å²) in [6.45, 7) is 6.00. The van der Waals surface area contributed by atoms with E-state index in [1.54, 1.807) is 11.5 Å². The molecule has 2 rings (SSSR count). The van der Waals surface area contributed by atoms with Gasteiger partial charge in [-0.15, -0.1) is 0 Å². The molecule has 1 aliphatic rings. The fourth-order valence-corrected chi connectivity index (χ4v) is 2.67. The van der Waals surface area contributed by atoms with Gasteiger partial charge in [-0.1, -0.05) is 0 Å². The van der Waals surface area contributed by atoms with Crippen LogP contribution >= 0.6 is 0 Å². The van der Waals surface area contributed by atoms with Gasteiger partial charge in [-0.05, 0) is 36.8 Å². The number of hydrogen-bond acceptors (Lipinski definition) is 5. The summed E-state index contributed by atoms with van der Waals surface area (Å²) in [5.74, 6) is 1.33. The largest absolute Gasteiger partial charge is 0.358 e. The summed E-state index contributed by atoms with van der Waals surface area (Å²) < 4.78 is 1.67. The van der Waals surface area contributed by atoms with Crippen LogP contribution in [0.4, 0.5) is 5.82 Å². The number of nitrogens with zero attached hydrogens (tertiary/aromatic N) is 4. The Morgan fingerprint density at radius 3 is 3.05 bits per heavy atom. The summed E-state index contributed by atoms with van der Waals surface area (Å²) in [6.07, 6.45) is 3.68. The summed E-state index contributed by atoms with van der Waals surface area (Å²) in [4.78, 5) is 16.9. The van der Waals surface area contributed by atoms with Gasteiger partial charge in [0.2, 0.25) is 0 Å². The predicted octanol–water partition coefficient (Wildman–Crippen LogP) is 0.770. The Kier molecular flexibility index (Phi) is 4.49. The van der Waals surface area contributed by atoms with Gasteiger partial charge in [0.05, 0.1) is 0 Å². The number of piperidine rings is 1. The number of nitro groups is 1. The maximum absolute atomic E-state index is 10.9. The Balaban J connectivity index is 1.95. The van der Waals surface area contributed by atoms with E-state index in [1.165, 1.54) is 12.6 Å². The van der Waals surface area contributed by atoms with Crippen molar-refractivity contribution < 1.29 is 4.92 Å². The molecule has 2 N–H and O–H groups in total. The Bertz CT molecular complexity index is 445. The lowest BCUT2D eigenvalue weighted by molar-refractivity contribution is -0.392. The first kappa shape index (κ1) is 14.0. The summed E-state index contributed by atoms with van der Waals surface area (Å²) in [5.41, 5.74) is 5.71. The molecule has 106 valence electrons. The highest BCUT2D eigenvalue weighted by atomic mass is 16.6. The number of aryl methyl sites for hydroxylation is 1. The smallest absolute Gasteiger partial charge is 0.342 e. The van der Waals surface area contributed by atoms with Crippen LogP contribution in [0.5, 0.6) is 0 Å². The molecule has 0 bridgehead atoms. The fraction of sp³-hybridized carbons (Fsp3) is 0.750. The van der Waals surface area contributed by atoms with E-state index in [0.29, 0.717) is 18.3 Å². The third-order valence-corrected chi connectivity index (χ3v) is 3.80. The molecule has 1 aromatic rings. The monoisotopic (exact) mass is 267 g/mol. The molecule has 7 heteroatoms. The Morgan fingerprint density at radius 1 is 1.58 bits per heavy atom. The van der Waals surface area contributed by atoms with Crippen molar-refractivity contribution in [3.05, 3.63) is 22.1 Å². The zero-order chi connectivity index (χ0) is 13.8. The highest BCUT2D eigenvalue weighted by Crippen LogP contribution is 2.17. The number of likely N-dealkylation sites (tertiary alicyclic amines) is 1. The van der Waals surface area contributed by atoms with Crippen LogP contribution in [-0.2, 0) is 6.54 Å². The molecule has 7 nitrogen and oxygen atoms in total. The number of rotatable bonds is 5. The maximum atomic E-state index is 10.9. The highest BCUT2D eigenvalue weighted by Gasteiger charge is 2.21. The standard InChI is InChI=1S/C12H21N5O2/c1-10-14-8-12(17(18)19)16(10)6-5-15-4-2-3-11(7-13)9-15/h8,11H,2-7,9,13H2,1H3. The molecule has 1 atom stereocenters.